The maximum absolute atomic E-state index is 14.0. The summed E-state index contributed by atoms with van der Waals surface area (Å²) >= 11 is 3.27. The number of anilines is 1. The fourth-order valence-electron chi connectivity index (χ4n) is 2.82. The minimum atomic E-state index is -0.539. The Hall–Kier alpha value is -1.63. The smallest absolute Gasteiger partial charge is 0.410 e. The Morgan fingerprint density at radius 1 is 1.32 bits per heavy atom. The number of rotatable bonds is 3. The number of carbonyl (C=O) groups excluding carboxylic acids is 2. The zero-order chi connectivity index (χ0) is 18.8. The van der Waals surface area contributed by atoms with E-state index in [1.807, 2.05) is 20.8 Å². The fraction of sp³-hybridized carbons (Fsp3) is 0.556. The molecule has 2 rings (SSSR count). The van der Waals surface area contributed by atoms with E-state index in [0.29, 0.717) is 41.7 Å². The van der Waals surface area contributed by atoms with Gasteiger partial charge in [0.25, 0.3) is 0 Å². The van der Waals surface area contributed by atoms with Crippen LogP contribution in [0.15, 0.2) is 16.6 Å². The third-order valence-corrected chi connectivity index (χ3v) is 4.82. The average molecular weight is 415 g/mol. The first kappa shape index (κ1) is 19.7. The number of halogens is 2. The molecule has 0 atom stereocenters. The summed E-state index contributed by atoms with van der Waals surface area (Å²) < 4.78 is 19.9. The van der Waals surface area contributed by atoms with Crippen LogP contribution < -0.4 is 5.73 Å². The Balaban J connectivity index is 1.93. The molecule has 5 nitrogen and oxygen atoms in total. The van der Waals surface area contributed by atoms with E-state index in [1.165, 1.54) is 6.07 Å². The van der Waals surface area contributed by atoms with Gasteiger partial charge in [-0.1, -0.05) is 15.9 Å². The van der Waals surface area contributed by atoms with Gasteiger partial charge in [0.05, 0.1) is 0 Å². The number of Topliss-reactive ketones (excluding diaryl/α,β-unsaturated/α-hetero) is 1. The van der Waals surface area contributed by atoms with Crippen LogP contribution in [-0.4, -0.2) is 35.5 Å². The molecule has 25 heavy (non-hydrogen) atoms. The van der Waals surface area contributed by atoms with Crippen LogP contribution in [0.2, 0.25) is 0 Å². The van der Waals surface area contributed by atoms with Crippen molar-refractivity contribution in [2.45, 2.75) is 45.6 Å². The van der Waals surface area contributed by atoms with Gasteiger partial charge in [-0.25, -0.2) is 9.18 Å². The first-order valence-electron chi connectivity index (χ1n) is 8.31. The quantitative estimate of drug-likeness (QED) is 0.760. The highest BCUT2D eigenvalue weighted by Gasteiger charge is 2.30. The minimum absolute atomic E-state index is 0.0177. The molecular weight excluding hydrogens is 391 g/mol. The molecule has 1 aliphatic rings. The number of nitrogens with zero attached hydrogens (tertiary/aromatic N) is 1. The molecule has 0 aliphatic carbocycles. The second-order valence-corrected chi connectivity index (χ2v) is 8.20. The third kappa shape index (κ3) is 5.42. The van der Waals surface area contributed by atoms with Crippen LogP contribution in [0.4, 0.5) is 14.9 Å². The molecule has 0 spiro atoms. The molecule has 1 amide bonds. The normalized spacial score (nSPS) is 16.0. The van der Waals surface area contributed by atoms with Crippen molar-refractivity contribution in [1.29, 1.82) is 0 Å². The monoisotopic (exact) mass is 414 g/mol. The Morgan fingerprint density at radius 2 is 1.92 bits per heavy atom. The van der Waals surface area contributed by atoms with Gasteiger partial charge in [-0.15, -0.1) is 0 Å². The molecule has 7 heteroatoms. The number of likely N-dealkylation sites (tertiary alicyclic amines) is 1. The number of ketones is 1. The first-order chi connectivity index (χ1) is 11.6. The molecule has 1 aliphatic heterocycles. The highest BCUT2D eigenvalue weighted by Crippen LogP contribution is 2.27. The van der Waals surface area contributed by atoms with Gasteiger partial charge in [-0.05, 0) is 45.7 Å². The molecule has 1 saturated heterocycles. The summed E-state index contributed by atoms with van der Waals surface area (Å²) in [5, 5.41) is 0. The first-order valence-corrected chi connectivity index (χ1v) is 9.10. The summed E-state index contributed by atoms with van der Waals surface area (Å²) in [6.07, 6.45) is 0.785. The van der Waals surface area contributed by atoms with Gasteiger partial charge in [0.15, 0.2) is 0 Å². The van der Waals surface area contributed by atoms with Crippen LogP contribution in [-0.2, 0) is 16.0 Å². The molecule has 0 aromatic heterocycles. The van der Waals surface area contributed by atoms with Gasteiger partial charge >= 0.3 is 6.09 Å². The minimum Gasteiger partial charge on any atom is -0.444 e. The SMILES string of the molecule is CC(C)(C)OC(=O)N1CCC(C(=O)Cc2c(F)cc(N)cc2Br)CC1. The van der Waals surface area contributed by atoms with Crippen LogP contribution >= 0.6 is 15.9 Å². The highest BCUT2D eigenvalue weighted by molar-refractivity contribution is 9.10. The van der Waals surface area contributed by atoms with Crippen molar-refractivity contribution in [1.82, 2.24) is 4.90 Å². The Labute approximate surface area is 155 Å². The van der Waals surface area contributed by atoms with Crippen molar-refractivity contribution < 1.29 is 18.7 Å². The van der Waals surface area contributed by atoms with Gasteiger partial charge in [0.2, 0.25) is 0 Å². The number of nitrogens with two attached hydrogens (primary N) is 1. The van der Waals surface area contributed by atoms with Crippen LogP contribution in [0.3, 0.4) is 0 Å². The summed E-state index contributed by atoms with van der Waals surface area (Å²) in [5.74, 6) is -0.679. The zero-order valence-electron chi connectivity index (χ0n) is 14.8. The number of benzene rings is 1. The van der Waals surface area contributed by atoms with Gasteiger partial charge in [-0.2, -0.15) is 0 Å². The maximum Gasteiger partial charge on any atom is 0.410 e. The van der Waals surface area contributed by atoms with Crippen molar-refractivity contribution in [3.63, 3.8) is 0 Å². The predicted molar refractivity (Wildman–Crippen MR) is 97.8 cm³/mol. The summed E-state index contributed by atoms with van der Waals surface area (Å²) in [4.78, 5) is 26.2. The van der Waals surface area contributed by atoms with Gasteiger partial charge in [0.1, 0.15) is 17.2 Å². The van der Waals surface area contributed by atoms with Crippen LogP contribution in [0, 0.1) is 11.7 Å². The van der Waals surface area contributed by atoms with E-state index in [4.69, 9.17) is 10.5 Å². The number of ether oxygens (including phenoxy) is 1. The predicted octanol–water partition coefficient (Wildman–Crippen LogP) is 3.93. The topological polar surface area (TPSA) is 72.6 Å². The molecule has 1 aromatic rings. The summed E-state index contributed by atoms with van der Waals surface area (Å²) in [7, 11) is 0. The second-order valence-electron chi connectivity index (χ2n) is 7.35. The molecule has 0 unspecified atom stereocenters. The van der Waals surface area contributed by atoms with Gasteiger partial charge in [-0.3, -0.25) is 4.79 Å². The lowest BCUT2D eigenvalue weighted by molar-refractivity contribution is -0.123. The molecule has 1 aromatic carbocycles. The van der Waals surface area contributed by atoms with Gasteiger partial charge in [0, 0.05) is 41.2 Å². The fourth-order valence-corrected chi connectivity index (χ4v) is 3.41. The number of nitrogen functional groups attached to an aromatic ring is 1. The summed E-state index contributed by atoms with van der Waals surface area (Å²) in [5.41, 5.74) is 5.68. The lowest BCUT2D eigenvalue weighted by Gasteiger charge is -2.33. The summed E-state index contributed by atoms with van der Waals surface area (Å²) in [6.45, 7) is 6.40. The largest absolute Gasteiger partial charge is 0.444 e. The standard InChI is InChI=1S/C18H24BrFN2O3/c1-18(2,3)25-17(24)22-6-4-11(5-7-22)16(23)10-13-14(19)8-12(21)9-15(13)20/h8-9,11H,4-7,10,21H2,1-3H3. The van der Waals surface area contributed by atoms with Gasteiger partial charge < -0.3 is 15.4 Å². The van der Waals surface area contributed by atoms with E-state index in [-0.39, 0.29) is 24.2 Å². The maximum atomic E-state index is 14.0. The van der Waals surface area contributed by atoms with Crippen molar-refractivity contribution in [2.75, 3.05) is 18.8 Å². The number of amides is 1. The van der Waals surface area contributed by atoms with E-state index in [9.17, 15) is 14.0 Å². The molecule has 0 saturated carbocycles. The van der Waals surface area contributed by atoms with Crippen LogP contribution in [0.1, 0.15) is 39.2 Å². The van der Waals surface area contributed by atoms with Crippen molar-refractivity contribution in [3.8, 4) is 0 Å². The molecule has 138 valence electrons. The van der Waals surface area contributed by atoms with Crippen molar-refractivity contribution in [2.24, 2.45) is 5.92 Å². The van der Waals surface area contributed by atoms with E-state index < -0.39 is 11.4 Å². The number of carbonyl (C=O) groups is 2. The molecule has 1 fully saturated rings. The lowest BCUT2D eigenvalue weighted by atomic mass is 9.89. The summed E-state index contributed by atoms with van der Waals surface area (Å²) in [6, 6.07) is 2.81. The second kappa shape index (κ2) is 7.72. The van der Waals surface area contributed by atoms with Crippen molar-refractivity contribution in [3.05, 3.63) is 28.0 Å². The molecule has 1 heterocycles. The third-order valence-electron chi connectivity index (χ3n) is 4.12. The number of piperidine rings is 1. The Morgan fingerprint density at radius 3 is 2.44 bits per heavy atom. The zero-order valence-corrected chi connectivity index (χ0v) is 16.4. The molecule has 0 bridgehead atoms. The lowest BCUT2D eigenvalue weighted by Crippen LogP contribution is -2.43. The number of hydrogen-bond acceptors (Lipinski definition) is 4. The number of hydrogen-bond donors (Lipinski definition) is 1. The molecule has 2 N–H and O–H groups in total. The highest BCUT2D eigenvalue weighted by atomic mass is 79.9. The average Bonchev–Trinajstić information content (AvgIpc) is 2.49. The van der Waals surface area contributed by atoms with E-state index in [2.05, 4.69) is 15.9 Å². The van der Waals surface area contributed by atoms with E-state index in [0.717, 1.165) is 0 Å². The molecule has 0 radical (unpaired) electrons. The van der Waals surface area contributed by atoms with Crippen LogP contribution in [0.25, 0.3) is 0 Å². The van der Waals surface area contributed by atoms with E-state index >= 15 is 0 Å². The Bertz CT molecular complexity index is 642. The van der Waals surface area contributed by atoms with Crippen LogP contribution in [0.5, 0.6) is 0 Å². The Kier molecular flexibility index (Phi) is 6.08. The molecular formula is C18H24BrFN2O3. The van der Waals surface area contributed by atoms with Crippen molar-refractivity contribution >= 4 is 33.5 Å². The van der Waals surface area contributed by atoms with E-state index in [1.54, 1.807) is 11.0 Å².